The lowest BCUT2D eigenvalue weighted by Crippen LogP contribution is -2.04. The van der Waals surface area contributed by atoms with Crippen LogP contribution in [0.25, 0.3) is 0 Å². The third-order valence-electron chi connectivity index (χ3n) is 2.04. The Hall–Kier alpha value is -1.73. The Morgan fingerprint density at radius 1 is 1.53 bits per heavy atom. The zero-order valence-electron chi connectivity index (χ0n) is 9.62. The average molecular weight is 254 g/mol. The summed E-state index contributed by atoms with van der Waals surface area (Å²) in [5, 5.41) is 9.21. The molecule has 0 bridgehead atoms. The van der Waals surface area contributed by atoms with E-state index in [0.717, 1.165) is 6.42 Å². The first-order valence-electron chi connectivity index (χ1n) is 5.08. The summed E-state index contributed by atoms with van der Waals surface area (Å²) in [6.45, 7) is 2.41. The number of ether oxygens (including phenoxy) is 2. The van der Waals surface area contributed by atoms with Gasteiger partial charge in [-0.1, -0.05) is 18.5 Å². The van der Waals surface area contributed by atoms with Crippen LogP contribution in [0.4, 0.5) is 0 Å². The van der Waals surface area contributed by atoms with Crippen molar-refractivity contribution in [3.63, 3.8) is 0 Å². The molecule has 0 aliphatic carbocycles. The van der Waals surface area contributed by atoms with Crippen LogP contribution in [-0.2, 0) is 4.74 Å². The van der Waals surface area contributed by atoms with Gasteiger partial charge in [-0.05, 0) is 18.6 Å². The van der Waals surface area contributed by atoms with E-state index in [4.69, 9.17) is 21.6 Å². The van der Waals surface area contributed by atoms with Crippen molar-refractivity contribution in [1.29, 1.82) is 5.26 Å². The monoisotopic (exact) mass is 253 g/mol. The van der Waals surface area contributed by atoms with Crippen LogP contribution in [0.3, 0.4) is 0 Å². The molecular formula is C12H12ClNO3. The lowest BCUT2D eigenvalue weighted by Gasteiger charge is -2.10. The number of carbonyl (C=O) groups is 1. The highest BCUT2D eigenvalue weighted by Gasteiger charge is 2.15. The minimum Gasteiger partial charge on any atom is -0.491 e. The van der Waals surface area contributed by atoms with Gasteiger partial charge in [-0.3, -0.25) is 0 Å². The van der Waals surface area contributed by atoms with E-state index >= 15 is 0 Å². The summed E-state index contributed by atoms with van der Waals surface area (Å²) in [4.78, 5) is 11.3. The van der Waals surface area contributed by atoms with Gasteiger partial charge < -0.3 is 9.47 Å². The lowest BCUT2D eigenvalue weighted by atomic mass is 10.1. The smallest absolute Gasteiger partial charge is 0.337 e. The van der Waals surface area contributed by atoms with Crippen molar-refractivity contribution in [2.45, 2.75) is 13.3 Å². The topological polar surface area (TPSA) is 59.3 Å². The quantitative estimate of drug-likeness (QED) is 0.774. The van der Waals surface area contributed by atoms with Gasteiger partial charge in [0.25, 0.3) is 0 Å². The predicted molar refractivity (Wildman–Crippen MR) is 63.3 cm³/mol. The maximum atomic E-state index is 11.3. The second-order valence-corrected chi connectivity index (χ2v) is 3.69. The van der Waals surface area contributed by atoms with Crippen LogP contribution in [0.5, 0.6) is 5.75 Å². The largest absolute Gasteiger partial charge is 0.491 e. The van der Waals surface area contributed by atoms with E-state index in [9.17, 15) is 4.79 Å². The maximum absolute atomic E-state index is 11.3. The number of halogens is 1. The zero-order valence-corrected chi connectivity index (χ0v) is 10.4. The minimum absolute atomic E-state index is 0.228. The summed E-state index contributed by atoms with van der Waals surface area (Å²) in [5.41, 5.74) is 0.462. The van der Waals surface area contributed by atoms with Crippen LogP contribution in [0, 0.1) is 11.3 Å². The molecule has 1 aromatic rings. The number of nitrogens with zero attached hydrogens (tertiary/aromatic N) is 1. The molecule has 17 heavy (non-hydrogen) atoms. The number of hydrogen-bond acceptors (Lipinski definition) is 4. The van der Waals surface area contributed by atoms with Crippen LogP contribution in [0.15, 0.2) is 12.1 Å². The maximum Gasteiger partial charge on any atom is 0.337 e. The van der Waals surface area contributed by atoms with E-state index in [1.165, 1.54) is 19.2 Å². The third kappa shape index (κ3) is 3.11. The Bertz CT molecular complexity index is 466. The Balaban J connectivity index is 3.17. The van der Waals surface area contributed by atoms with Crippen molar-refractivity contribution in [3.8, 4) is 11.8 Å². The molecule has 5 heteroatoms. The first kappa shape index (κ1) is 13.3. The highest BCUT2D eigenvalue weighted by Crippen LogP contribution is 2.30. The molecule has 0 N–H and O–H groups in total. The van der Waals surface area contributed by atoms with Gasteiger partial charge in [-0.15, -0.1) is 0 Å². The summed E-state index contributed by atoms with van der Waals surface area (Å²) in [6.07, 6.45) is 0.806. The molecule has 0 amide bonds. The van der Waals surface area contributed by atoms with Gasteiger partial charge in [0, 0.05) is 0 Å². The molecule has 0 unspecified atom stereocenters. The fourth-order valence-electron chi connectivity index (χ4n) is 1.26. The van der Waals surface area contributed by atoms with Crippen molar-refractivity contribution >= 4 is 17.6 Å². The van der Waals surface area contributed by atoms with Gasteiger partial charge in [-0.25, -0.2) is 4.79 Å². The van der Waals surface area contributed by atoms with Crippen LogP contribution in [0.2, 0.25) is 5.02 Å². The highest BCUT2D eigenvalue weighted by molar-refractivity contribution is 6.32. The fourth-order valence-corrected chi connectivity index (χ4v) is 1.54. The lowest BCUT2D eigenvalue weighted by molar-refractivity contribution is 0.0600. The molecule has 0 aliphatic heterocycles. The van der Waals surface area contributed by atoms with Crippen molar-refractivity contribution in [2.75, 3.05) is 13.7 Å². The zero-order chi connectivity index (χ0) is 12.8. The molecule has 4 nitrogen and oxygen atoms in total. The Morgan fingerprint density at radius 2 is 2.24 bits per heavy atom. The molecule has 0 atom stereocenters. The first-order valence-corrected chi connectivity index (χ1v) is 5.46. The fraction of sp³-hybridized carbons (Fsp3) is 0.333. The second-order valence-electron chi connectivity index (χ2n) is 3.29. The molecule has 0 saturated heterocycles. The predicted octanol–water partition coefficient (Wildman–Crippen LogP) is 2.79. The summed E-state index contributed by atoms with van der Waals surface area (Å²) in [6, 6.07) is 4.78. The van der Waals surface area contributed by atoms with Gasteiger partial charge in [0.1, 0.15) is 6.07 Å². The number of nitriles is 1. The summed E-state index contributed by atoms with van der Waals surface area (Å²) >= 11 is 5.97. The van der Waals surface area contributed by atoms with Crippen molar-refractivity contribution < 1.29 is 14.3 Å². The van der Waals surface area contributed by atoms with Crippen LogP contribution < -0.4 is 4.74 Å². The third-order valence-corrected chi connectivity index (χ3v) is 2.32. The average Bonchev–Trinajstić information content (AvgIpc) is 2.35. The van der Waals surface area contributed by atoms with E-state index < -0.39 is 5.97 Å². The summed E-state index contributed by atoms with van der Waals surface area (Å²) in [7, 11) is 1.27. The molecule has 90 valence electrons. The molecule has 0 saturated carbocycles. The number of carbonyl (C=O) groups excluding carboxylic acids is 1. The molecule has 0 radical (unpaired) electrons. The summed E-state index contributed by atoms with van der Waals surface area (Å²) in [5.74, 6) is -0.228. The van der Waals surface area contributed by atoms with Gasteiger partial charge in [-0.2, -0.15) is 5.26 Å². The molecule has 0 spiro atoms. The van der Waals surface area contributed by atoms with E-state index in [-0.39, 0.29) is 16.1 Å². The molecule has 1 aromatic carbocycles. The molecule has 0 fully saturated rings. The van der Waals surface area contributed by atoms with Crippen molar-refractivity contribution in [2.24, 2.45) is 0 Å². The van der Waals surface area contributed by atoms with Gasteiger partial charge in [0.15, 0.2) is 5.75 Å². The summed E-state index contributed by atoms with van der Waals surface area (Å²) < 4.78 is 9.93. The molecular weight excluding hydrogens is 242 g/mol. The second kappa shape index (κ2) is 6.12. The van der Waals surface area contributed by atoms with Crippen molar-refractivity contribution in [1.82, 2.24) is 0 Å². The van der Waals surface area contributed by atoms with E-state index in [1.807, 2.05) is 13.0 Å². The number of esters is 1. The van der Waals surface area contributed by atoms with E-state index in [0.29, 0.717) is 12.4 Å². The standard InChI is InChI=1S/C12H12ClNO3/c1-3-4-17-11-9(7-14)5-8(6-10(11)13)12(15)16-2/h5-6H,3-4H2,1-2H3. The Kier molecular flexibility index (Phi) is 4.80. The van der Waals surface area contributed by atoms with Gasteiger partial charge >= 0.3 is 5.97 Å². The van der Waals surface area contributed by atoms with Crippen LogP contribution in [-0.4, -0.2) is 19.7 Å². The Labute approximate surface area is 105 Å². The highest BCUT2D eigenvalue weighted by atomic mass is 35.5. The minimum atomic E-state index is -0.537. The molecule has 0 aliphatic rings. The van der Waals surface area contributed by atoms with Gasteiger partial charge in [0.05, 0.1) is 29.9 Å². The number of benzene rings is 1. The van der Waals surface area contributed by atoms with E-state index in [1.54, 1.807) is 0 Å². The first-order chi connectivity index (χ1) is 8.13. The van der Waals surface area contributed by atoms with Crippen LogP contribution >= 0.6 is 11.6 Å². The number of methoxy groups -OCH3 is 1. The van der Waals surface area contributed by atoms with Gasteiger partial charge in [0.2, 0.25) is 0 Å². The normalized spacial score (nSPS) is 9.53. The molecule has 1 rings (SSSR count). The van der Waals surface area contributed by atoms with Crippen molar-refractivity contribution in [3.05, 3.63) is 28.3 Å². The number of rotatable bonds is 4. The van der Waals surface area contributed by atoms with Crippen LogP contribution in [0.1, 0.15) is 29.3 Å². The number of hydrogen-bond donors (Lipinski definition) is 0. The van der Waals surface area contributed by atoms with E-state index in [2.05, 4.69) is 4.74 Å². The SMILES string of the molecule is CCCOc1c(Cl)cc(C(=O)OC)cc1C#N. The Morgan fingerprint density at radius 3 is 2.76 bits per heavy atom. The molecule has 0 aromatic heterocycles. The molecule has 0 heterocycles.